The Morgan fingerprint density at radius 1 is 1.03 bits per heavy atom. The van der Waals surface area contributed by atoms with Crippen LogP contribution >= 0.6 is 0 Å². The van der Waals surface area contributed by atoms with Gasteiger partial charge >= 0.3 is 6.03 Å². The molecule has 3 amide bonds. The summed E-state index contributed by atoms with van der Waals surface area (Å²) in [5.74, 6) is -0.657. The number of nitrogens with one attached hydrogen (secondary N) is 3. The van der Waals surface area contributed by atoms with Gasteiger partial charge in [0.1, 0.15) is 5.82 Å². The van der Waals surface area contributed by atoms with E-state index in [1.807, 2.05) is 6.07 Å². The molecule has 0 atom stereocenters. The van der Waals surface area contributed by atoms with Crippen LogP contribution in [0.3, 0.4) is 0 Å². The van der Waals surface area contributed by atoms with Crippen molar-refractivity contribution < 1.29 is 18.7 Å². The molecule has 0 radical (unpaired) electrons. The van der Waals surface area contributed by atoms with E-state index in [1.54, 1.807) is 25.3 Å². The molecule has 0 unspecified atom stereocenters. The second-order valence-electron chi connectivity index (χ2n) is 7.12. The van der Waals surface area contributed by atoms with Crippen molar-refractivity contribution in [1.29, 1.82) is 0 Å². The fraction of sp³-hybridized carbons (Fsp3) is 0.364. The van der Waals surface area contributed by atoms with Crippen LogP contribution in [0.15, 0.2) is 42.5 Å². The van der Waals surface area contributed by atoms with E-state index >= 15 is 0 Å². The molecule has 30 heavy (non-hydrogen) atoms. The largest absolute Gasteiger partial charge is 0.383 e. The van der Waals surface area contributed by atoms with Crippen molar-refractivity contribution in [2.75, 3.05) is 48.9 Å². The molecule has 0 aliphatic carbocycles. The minimum Gasteiger partial charge on any atom is -0.383 e. The van der Waals surface area contributed by atoms with Crippen molar-refractivity contribution in [3.05, 3.63) is 53.8 Å². The van der Waals surface area contributed by atoms with Gasteiger partial charge in [0.25, 0.3) is 5.91 Å². The van der Waals surface area contributed by atoms with Gasteiger partial charge in [-0.15, -0.1) is 0 Å². The zero-order valence-electron chi connectivity index (χ0n) is 17.0. The Kier molecular flexibility index (Phi) is 7.62. The lowest BCUT2D eigenvalue weighted by Crippen LogP contribution is -2.33. The molecule has 0 spiro atoms. The third-order valence-electron chi connectivity index (χ3n) is 4.87. The molecule has 8 heteroatoms. The number of hydrogen-bond donors (Lipinski definition) is 3. The van der Waals surface area contributed by atoms with E-state index in [2.05, 4.69) is 20.9 Å². The fourth-order valence-electron chi connectivity index (χ4n) is 3.43. The SMILES string of the molecule is COCCNC(=O)c1cc(NC(=O)Nc2cccc(F)c2)ccc1N1CCCCC1. The normalized spacial score (nSPS) is 13.6. The molecule has 0 bridgehead atoms. The first-order chi connectivity index (χ1) is 14.6. The van der Waals surface area contributed by atoms with Gasteiger partial charge in [-0.25, -0.2) is 9.18 Å². The highest BCUT2D eigenvalue weighted by molar-refractivity contribution is 6.04. The third-order valence-corrected chi connectivity index (χ3v) is 4.87. The molecule has 3 N–H and O–H groups in total. The van der Waals surface area contributed by atoms with Crippen LogP contribution in [-0.4, -0.2) is 45.3 Å². The van der Waals surface area contributed by atoms with Gasteiger partial charge in [0.2, 0.25) is 0 Å². The van der Waals surface area contributed by atoms with Crippen LogP contribution in [0.1, 0.15) is 29.6 Å². The zero-order valence-corrected chi connectivity index (χ0v) is 17.0. The molecule has 1 aliphatic heterocycles. The lowest BCUT2D eigenvalue weighted by atomic mass is 10.1. The van der Waals surface area contributed by atoms with Gasteiger partial charge in [0.05, 0.1) is 12.2 Å². The number of methoxy groups -OCH3 is 1. The first-order valence-corrected chi connectivity index (χ1v) is 10.1. The summed E-state index contributed by atoms with van der Waals surface area (Å²) in [6, 6.07) is 10.4. The maximum atomic E-state index is 13.3. The van der Waals surface area contributed by atoms with E-state index in [0.29, 0.717) is 30.1 Å². The van der Waals surface area contributed by atoms with E-state index < -0.39 is 11.8 Å². The van der Waals surface area contributed by atoms with Crippen LogP contribution in [0, 0.1) is 5.82 Å². The second-order valence-corrected chi connectivity index (χ2v) is 7.12. The van der Waals surface area contributed by atoms with Crippen molar-refractivity contribution in [2.45, 2.75) is 19.3 Å². The Bertz CT molecular complexity index is 884. The van der Waals surface area contributed by atoms with E-state index in [0.717, 1.165) is 31.6 Å². The Labute approximate surface area is 175 Å². The van der Waals surface area contributed by atoms with Crippen LogP contribution in [-0.2, 0) is 4.74 Å². The molecule has 1 saturated heterocycles. The number of amides is 3. The van der Waals surface area contributed by atoms with Crippen LogP contribution in [0.5, 0.6) is 0 Å². The van der Waals surface area contributed by atoms with Gasteiger partial charge in [0, 0.05) is 43.8 Å². The summed E-state index contributed by atoms with van der Waals surface area (Å²) in [4.78, 5) is 27.3. The van der Waals surface area contributed by atoms with Gasteiger partial charge in [-0.1, -0.05) is 6.07 Å². The first-order valence-electron chi connectivity index (χ1n) is 10.1. The van der Waals surface area contributed by atoms with Crippen LogP contribution in [0.25, 0.3) is 0 Å². The molecule has 1 aliphatic rings. The lowest BCUT2D eigenvalue weighted by molar-refractivity contribution is 0.0937. The number of urea groups is 1. The Morgan fingerprint density at radius 3 is 2.47 bits per heavy atom. The average molecular weight is 414 g/mol. The monoisotopic (exact) mass is 414 g/mol. The lowest BCUT2D eigenvalue weighted by Gasteiger charge is -2.30. The summed E-state index contributed by atoms with van der Waals surface area (Å²) in [6.07, 6.45) is 3.35. The molecule has 2 aromatic carbocycles. The van der Waals surface area contributed by atoms with Crippen molar-refractivity contribution in [3.63, 3.8) is 0 Å². The first kappa shape index (κ1) is 21.6. The number of anilines is 3. The molecule has 160 valence electrons. The van der Waals surface area contributed by atoms with Crippen molar-refractivity contribution in [1.82, 2.24) is 5.32 Å². The quantitative estimate of drug-likeness (QED) is 0.602. The van der Waals surface area contributed by atoms with E-state index in [-0.39, 0.29) is 5.91 Å². The molecular formula is C22H27FN4O3. The highest BCUT2D eigenvalue weighted by Crippen LogP contribution is 2.27. The minimum absolute atomic E-state index is 0.221. The summed E-state index contributed by atoms with van der Waals surface area (Å²) in [5, 5.41) is 8.13. The number of piperidine rings is 1. The number of benzene rings is 2. The van der Waals surface area contributed by atoms with Crippen LogP contribution in [0.4, 0.5) is 26.2 Å². The summed E-state index contributed by atoms with van der Waals surface area (Å²) >= 11 is 0. The van der Waals surface area contributed by atoms with Gasteiger partial charge in [-0.05, 0) is 55.7 Å². The van der Waals surface area contributed by atoms with Crippen LogP contribution < -0.4 is 20.9 Å². The standard InChI is InChI=1S/C22H27FN4O3/c1-30-13-10-24-21(28)19-15-18(8-9-20(19)27-11-3-2-4-12-27)26-22(29)25-17-7-5-6-16(23)14-17/h5-9,14-15H,2-4,10-13H2,1H3,(H,24,28)(H2,25,26,29). The number of ether oxygens (including phenoxy) is 1. The van der Waals surface area contributed by atoms with Gasteiger partial charge in [-0.3, -0.25) is 4.79 Å². The predicted octanol–water partition coefficient (Wildman–Crippen LogP) is 3.84. The summed E-state index contributed by atoms with van der Waals surface area (Å²) in [5.41, 5.74) is 2.16. The number of rotatable bonds is 7. The van der Waals surface area contributed by atoms with Crippen LogP contribution in [0.2, 0.25) is 0 Å². The zero-order chi connectivity index (χ0) is 21.3. The summed E-state index contributed by atoms with van der Waals surface area (Å²) in [7, 11) is 1.58. The number of carbonyl (C=O) groups excluding carboxylic acids is 2. The van der Waals surface area contributed by atoms with Gasteiger partial charge < -0.3 is 25.6 Å². The van der Waals surface area contributed by atoms with E-state index in [4.69, 9.17) is 4.74 Å². The Morgan fingerprint density at radius 2 is 1.77 bits per heavy atom. The van der Waals surface area contributed by atoms with Crippen molar-refractivity contribution in [3.8, 4) is 0 Å². The Hall–Kier alpha value is -3.13. The van der Waals surface area contributed by atoms with Gasteiger partial charge in [0.15, 0.2) is 0 Å². The number of halogens is 1. The summed E-state index contributed by atoms with van der Waals surface area (Å²) < 4.78 is 18.3. The highest BCUT2D eigenvalue weighted by atomic mass is 19.1. The fourth-order valence-corrected chi connectivity index (χ4v) is 3.43. The number of nitrogens with zero attached hydrogens (tertiary/aromatic N) is 1. The summed E-state index contributed by atoms with van der Waals surface area (Å²) in [6.45, 7) is 2.60. The van der Waals surface area contributed by atoms with Gasteiger partial charge in [-0.2, -0.15) is 0 Å². The number of hydrogen-bond acceptors (Lipinski definition) is 4. The molecule has 2 aromatic rings. The molecule has 1 fully saturated rings. The average Bonchev–Trinajstić information content (AvgIpc) is 2.74. The van der Waals surface area contributed by atoms with Crippen molar-refractivity contribution in [2.24, 2.45) is 0 Å². The molecule has 0 saturated carbocycles. The predicted molar refractivity (Wildman–Crippen MR) is 116 cm³/mol. The molecular weight excluding hydrogens is 387 g/mol. The second kappa shape index (κ2) is 10.6. The Balaban J connectivity index is 1.76. The molecule has 1 heterocycles. The van der Waals surface area contributed by atoms with E-state index in [9.17, 15) is 14.0 Å². The maximum Gasteiger partial charge on any atom is 0.323 e. The molecule has 7 nitrogen and oxygen atoms in total. The van der Waals surface area contributed by atoms with E-state index in [1.165, 1.54) is 24.6 Å². The highest BCUT2D eigenvalue weighted by Gasteiger charge is 2.19. The smallest absolute Gasteiger partial charge is 0.323 e. The third kappa shape index (κ3) is 5.93. The number of carbonyl (C=O) groups is 2. The minimum atomic E-state index is -0.517. The molecule has 3 rings (SSSR count). The molecule has 0 aromatic heterocycles. The van der Waals surface area contributed by atoms with Crippen molar-refractivity contribution >= 4 is 29.0 Å². The topological polar surface area (TPSA) is 82.7 Å². The maximum absolute atomic E-state index is 13.3.